The normalized spacial score (nSPS) is 14.1. The highest BCUT2D eigenvalue weighted by atomic mass is 16.4. The molecule has 1 aromatic carbocycles. The number of aliphatic carboxylic acids is 1. The van der Waals surface area contributed by atoms with Crippen LogP contribution in [0.5, 0.6) is 0 Å². The molecule has 0 aliphatic heterocycles. The van der Waals surface area contributed by atoms with Gasteiger partial charge in [0, 0.05) is 48.3 Å². The van der Waals surface area contributed by atoms with Gasteiger partial charge in [-0.2, -0.15) is 0 Å². The molecule has 3 aromatic rings. The quantitative estimate of drug-likeness (QED) is 0.113. The van der Waals surface area contributed by atoms with Gasteiger partial charge in [-0.05, 0) is 30.4 Å². The Balaban J connectivity index is 1.85. The summed E-state index contributed by atoms with van der Waals surface area (Å²) in [7, 11) is 0. The maximum absolute atomic E-state index is 13.5. The number of nitrogens with two attached hydrogens (primary N) is 2. The fraction of sp³-hybridized carbons (Fsp3) is 0.429. The minimum absolute atomic E-state index is 0.00132. The Morgan fingerprint density at radius 2 is 1.60 bits per heavy atom. The first kappa shape index (κ1) is 31.8. The number of nitrogens with zero attached hydrogens (tertiary/aromatic N) is 1. The van der Waals surface area contributed by atoms with E-state index in [2.05, 4.69) is 30.9 Å². The number of primary amides is 1. The first-order chi connectivity index (χ1) is 19.9. The zero-order valence-electron chi connectivity index (χ0n) is 23.6. The number of fused-ring (bicyclic) bond motifs is 1. The van der Waals surface area contributed by atoms with Gasteiger partial charge in [-0.1, -0.05) is 32.0 Å². The van der Waals surface area contributed by atoms with E-state index in [1.54, 1.807) is 6.20 Å². The van der Waals surface area contributed by atoms with Crippen LogP contribution in [0.1, 0.15) is 44.4 Å². The SMILES string of the molecule is CC(C)CC(N)C(=O)NC(CCC(N)=O)C(=O)NC(Cc1c[nH]c2ccccc12)C(=O)NC(Cc1cnc[nH]1)C(=O)O. The van der Waals surface area contributed by atoms with Gasteiger partial charge in [-0.3, -0.25) is 19.2 Å². The Morgan fingerprint density at radius 3 is 2.24 bits per heavy atom. The predicted octanol–water partition coefficient (Wildman–Crippen LogP) is -0.146. The molecule has 226 valence electrons. The smallest absolute Gasteiger partial charge is 0.326 e. The molecule has 4 amide bonds. The first-order valence-corrected chi connectivity index (χ1v) is 13.6. The molecule has 0 aliphatic carbocycles. The molecule has 10 N–H and O–H groups in total. The zero-order valence-corrected chi connectivity index (χ0v) is 23.6. The van der Waals surface area contributed by atoms with Crippen molar-refractivity contribution in [1.29, 1.82) is 0 Å². The first-order valence-electron chi connectivity index (χ1n) is 13.6. The van der Waals surface area contributed by atoms with E-state index in [1.807, 2.05) is 38.1 Å². The van der Waals surface area contributed by atoms with Crippen LogP contribution < -0.4 is 27.4 Å². The van der Waals surface area contributed by atoms with Gasteiger partial charge in [0.15, 0.2) is 0 Å². The van der Waals surface area contributed by atoms with Crippen molar-refractivity contribution in [2.24, 2.45) is 17.4 Å². The van der Waals surface area contributed by atoms with Crippen molar-refractivity contribution in [2.45, 2.75) is 70.1 Å². The summed E-state index contributed by atoms with van der Waals surface area (Å²) < 4.78 is 0. The highest BCUT2D eigenvalue weighted by molar-refractivity contribution is 5.95. The van der Waals surface area contributed by atoms with Gasteiger partial charge in [-0.15, -0.1) is 0 Å². The molecule has 0 saturated carbocycles. The van der Waals surface area contributed by atoms with E-state index in [0.717, 1.165) is 10.9 Å². The summed E-state index contributed by atoms with van der Waals surface area (Å²) >= 11 is 0. The summed E-state index contributed by atoms with van der Waals surface area (Å²) in [6, 6.07) is 2.71. The van der Waals surface area contributed by atoms with Crippen molar-refractivity contribution >= 4 is 40.5 Å². The van der Waals surface area contributed by atoms with E-state index in [1.165, 1.54) is 12.5 Å². The van der Waals surface area contributed by atoms with Gasteiger partial charge in [0.05, 0.1) is 12.4 Å². The van der Waals surface area contributed by atoms with E-state index in [9.17, 15) is 29.1 Å². The summed E-state index contributed by atoms with van der Waals surface area (Å²) in [5.74, 6) is -3.92. The third kappa shape index (κ3) is 9.16. The maximum Gasteiger partial charge on any atom is 0.326 e. The number of carboxylic acids is 1. The average Bonchev–Trinajstić information content (AvgIpc) is 3.59. The molecule has 3 rings (SSSR count). The number of aromatic nitrogens is 3. The van der Waals surface area contributed by atoms with Crippen LogP contribution in [0.15, 0.2) is 43.0 Å². The molecule has 0 bridgehead atoms. The summed E-state index contributed by atoms with van der Waals surface area (Å²) in [4.78, 5) is 73.0. The van der Waals surface area contributed by atoms with E-state index in [0.29, 0.717) is 17.7 Å². The molecule has 0 radical (unpaired) electrons. The number of benzene rings is 1. The van der Waals surface area contributed by atoms with Gasteiger partial charge in [-0.25, -0.2) is 9.78 Å². The molecule has 2 aromatic heterocycles. The van der Waals surface area contributed by atoms with Crippen molar-refractivity contribution < 1.29 is 29.1 Å². The Bertz CT molecular complexity index is 1390. The lowest BCUT2D eigenvalue weighted by atomic mass is 10.0. The highest BCUT2D eigenvalue weighted by Crippen LogP contribution is 2.19. The minimum Gasteiger partial charge on any atom is -0.480 e. The van der Waals surface area contributed by atoms with Crippen LogP contribution >= 0.6 is 0 Å². The highest BCUT2D eigenvalue weighted by Gasteiger charge is 2.31. The summed E-state index contributed by atoms with van der Waals surface area (Å²) in [5.41, 5.74) is 13.3. The van der Waals surface area contributed by atoms with Gasteiger partial charge < -0.3 is 42.5 Å². The second kappa shape index (κ2) is 14.8. The van der Waals surface area contributed by atoms with Crippen LogP contribution in [0.2, 0.25) is 0 Å². The summed E-state index contributed by atoms with van der Waals surface area (Å²) in [6.07, 6.45) is 4.51. The number of rotatable bonds is 16. The molecule has 4 unspecified atom stereocenters. The average molecular weight is 583 g/mol. The Morgan fingerprint density at radius 1 is 0.929 bits per heavy atom. The monoisotopic (exact) mass is 582 g/mol. The Kier molecular flexibility index (Phi) is 11.2. The van der Waals surface area contributed by atoms with Crippen molar-refractivity contribution in [3.63, 3.8) is 0 Å². The number of carboxylic acid groups (broad SMARTS) is 1. The lowest BCUT2D eigenvalue weighted by Crippen LogP contribution is -2.58. The zero-order chi connectivity index (χ0) is 30.8. The lowest BCUT2D eigenvalue weighted by Gasteiger charge is -2.25. The molecule has 0 fully saturated rings. The number of carbonyl (C=O) groups is 5. The minimum atomic E-state index is -1.32. The van der Waals surface area contributed by atoms with E-state index >= 15 is 0 Å². The molecular formula is C28H38N8O6. The van der Waals surface area contributed by atoms with Crippen molar-refractivity contribution in [3.8, 4) is 0 Å². The van der Waals surface area contributed by atoms with Gasteiger partial charge in [0.2, 0.25) is 23.6 Å². The summed E-state index contributed by atoms with van der Waals surface area (Å²) in [6.45, 7) is 3.80. The van der Waals surface area contributed by atoms with Crippen LogP contribution in [-0.4, -0.2) is 73.8 Å². The van der Waals surface area contributed by atoms with Crippen LogP contribution in [0.4, 0.5) is 0 Å². The van der Waals surface area contributed by atoms with Crippen molar-refractivity contribution in [1.82, 2.24) is 30.9 Å². The number of carbonyl (C=O) groups excluding carboxylic acids is 4. The molecule has 4 atom stereocenters. The summed E-state index contributed by atoms with van der Waals surface area (Å²) in [5, 5.41) is 18.3. The number of nitrogens with one attached hydrogen (secondary N) is 5. The standard InChI is InChI=1S/C28H38N8O6/c1-15(2)9-19(29)25(38)34-21(7-8-24(30)37)26(39)35-22(10-16-12-32-20-6-4-3-5-18(16)20)27(40)36-23(28(41)42)11-17-13-31-14-33-17/h3-6,12-15,19,21-23,32H,7-11,29H2,1-2H3,(H2,30,37)(H,31,33)(H,34,38)(H,35,39)(H,36,40)(H,41,42). The van der Waals surface area contributed by atoms with E-state index in [4.69, 9.17) is 11.5 Å². The number of amides is 4. The topological polar surface area (TPSA) is 238 Å². The molecule has 0 spiro atoms. The maximum atomic E-state index is 13.5. The van der Waals surface area contributed by atoms with Gasteiger partial charge in [0.1, 0.15) is 18.1 Å². The number of imidazole rings is 1. The number of para-hydroxylation sites is 1. The molecule has 42 heavy (non-hydrogen) atoms. The van der Waals surface area contributed by atoms with Crippen molar-refractivity contribution in [2.75, 3.05) is 0 Å². The fourth-order valence-electron chi connectivity index (χ4n) is 4.54. The molecule has 14 nitrogen and oxygen atoms in total. The number of hydrogen-bond acceptors (Lipinski definition) is 7. The second-order valence-electron chi connectivity index (χ2n) is 10.6. The molecular weight excluding hydrogens is 544 g/mol. The molecule has 14 heteroatoms. The second-order valence-corrected chi connectivity index (χ2v) is 10.6. The Hall–Kier alpha value is -4.72. The van der Waals surface area contributed by atoms with E-state index < -0.39 is 53.8 Å². The van der Waals surface area contributed by atoms with E-state index in [-0.39, 0.29) is 31.6 Å². The van der Waals surface area contributed by atoms with Gasteiger partial charge in [0.25, 0.3) is 0 Å². The molecule has 2 heterocycles. The lowest BCUT2D eigenvalue weighted by molar-refractivity contribution is -0.142. The third-order valence-corrected chi connectivity index (χ3v) is 6.70. The van der Waals surface area contributed by atoms with Gasteiger partial charge >= 0.3 is 5.97 Å². The van der Waals surface area contributed by atoms with Crippen LogP contribution in [0.25, 0.3) is 10.9 Å². The van der Waals surface area contributed by atoms with Crippen LogP contribution in [0.3, 0.4) is 0 Å². The number of H-pyrrole nitrogens is 2. The molecule has 0 aliphatic rings. The van der Waals surface area contributed by atoms with Crippen LogP contribution in [-0.2, 0) is 36.8 Å². The number of hydrogen-bond donors (Lipinski definition) is 8. The largest absolute Gasteiger partial charge is 0.480 e. The number of aromatic amines is 2. The molecule has 0 saturated heterocycles. The predicted molar refractivity (Wildman–Crippen MR) is 154 cm³/mol. The third-order valence-electron chi connectivity index (χ3n) is 6.70. The fourth-order valence-corrected chi connectivity index (χ4v) is 4.54. The van der Waals surface area contributed by atoms with Crippen LogP contribution in [0, 0.1) is 5.92 Å². The van der Waals surface area contributed by atoms with Crippen molar-refractivity contribution in [3.05, 3.63) is 54.2 Å². The Labute approximate surface area is 242 Å².